The molecule has 10 nitrogen and oxygen atoms in total. The molecule has 1 atom stereocenters. The molecule has 0 aliphatic carbocycles. The lowest BCUT2D eigenvalue weighted by Gasteiger charge is -2.43. The van der Waals surface area contributed by atoms with Crippen molar-refractivity contribution in [1.29, 1.82) is 0 Å². The maximum absolute atomic E-state index is 14.1. The number of fused-ring (bicyclic) bond motifs is 1. The number of rotatable bonds is 7. The Morgan fingerprint density at radius 2 is 1.63 bits per heavy atom. The van der Waals surface area contributed by atoms with Crippen molar-refractivity contribution < 1.29 is 32.7 Å². The highest BCUT2D eigenvalue weighted by Gasteiger charge is 2.38. The molecule has 268 valence electrons. The van der Waals surface area contributed by atoms with Gasteiger partial charge in [0, 0.05) is 69.7 Å². The summed E-state index contributed by atoms with van der Waals surface area (Å²) in [6.07, 6.45) is -1.07. The highest BCUT2D eigenvalue weighted by molar-refractivity contribution is 7.08. The van der Waals surface area contributed by atoms with Crippen molar-refractivity contribution in [3.63, 3.8) is 0 Å². The van der Waals surface area contributed by atoms with Crippen molar-refractivity contribution in [2.75, 3.05) is 71.3 Å². The van der Waals surface area contributed by atoms with Gasteiger partial charge in [0.05, 0.1) is 22.2 Å². The van der Waals surface area contributed by atoms with E-state index < -0.39 is 28.4 Å². The average Bonchev–Trinajstić information content (AvgIpc) is 3.45. The summed E-state index contributed by atoms with van der Waals surface area (Å²) in [5, 5.41) is 16.5. The molecular weight excluding hydrogens is 681 g/mol. The Morgan fingerprint density at radius 1 is 0.959 bits per heavy atom. The van der Waals surface area contributed by atoms with Gasteiger partial charge in [0.2, 0.25) is 11.8 Å². The maximum atomic E-state index is 14.1. The third kappa shape index (κ3) is 8.29. The number of amides is 4. The van der Waals surface area contributed by atoms with Gasteiger partial charge in [-0.2, -0.15) is 13.2 Å². The van der Waals surface area contributed by atoms with Crippen LogP contribution >= 0.6 is 22.9 Å². The second kappa shape index (κ2) is 15.0. The molecule has 3 fully saturated rings. The zero-order valence-corrected chi connectivity index (χ0v) is 29.3. The van der Waals surface area contributed by atoms with Crippen LogP contribution < -0.4 is 5.32 Å². The van der Waals surface area contributed by atoms with Gasteiger partial charge in [-0.25, -0.2) is 4.79 Å². The molecule has 0 unspecified atom stereocenters. The summed E-state index contributed by atoms with van der Waals surface area (Å²) in [4.78, 5) is 50.8. The third-order valence-electron chi connectivity index (χ3n) is 10.6. The molecular formula is C34H44ClF3N6O4S. The molecule has 6 rings (SSSR count). The number of anilines is 1. The number of phenolic OH excluding ortho intramolecular Hbond substituents is 1. The van der Waals surface area contributed by atoms with E-state index in [4.69, 9.17) is 11.6 Å². The van der Waals surface area contributed by atoms with Gasteiger partial charge in [-0.15, -0.1) is 11.3 Å². The van der Waals surface area contributed by atoms with Gasteiger partial charge in [0.25, 0.3) is 0 Å². The first-order chi connectivity index (χ1) is 23.4. The van der Waals surface area contributed by atoms with E-state index >= 15 is 0 Å². The number of likely N-dealkylation sites (tertiary alicyclic amines) is 2. The minimum Gasteiger partial charge on any atom is -0.506 e. The molecule has 4 aliphatic rings. The molecule has 2 aromatic rings. The van der Waals surface area contributed by atoms with Crippen molar-refractivity contribution in [2.24, 2.45) is 5.92 Å². The third-order valence-corrected chi connectivity index (χ3v) is 11.7. The molecule has 5 heterocycles. The Balaban J connectivity index is 1.12. The Kier molecular flexibility index (Phi) is 11.0. The SMILES string of the molecule is CN1CCC(N2CCN(C(=O)[C@H](CC(=O)N3CCC(N4CCc5cscc5NC4=O)CC3)Cc3cc(Cl)c(O)c(C(F)(F)F)c3)CC2)CC1. The summed E-state index contributed by atoms with van der Waals surface area (Å²) in [7, 11) is 2.11. The van der Waals surface area contributed by atoms with Gasteiger partial charge in [0.15, 0.2) is 0 Å². The van der Waals surface area contributed by atoms with Crippen LogP contribution in [0.2, 0.25) is 5.02 Å². The molecule has 1 aromatic carbocycles. The molecule has 0 bridgehead atoms. The topological polar surface area (TPSA) is 99.7 Å². The number of nitrogens with one attached hydrogen (secondary N) is 1. The van der Waals surface area contributed by atoms with E-state index in [1.165, 1.54) is 6.07 Å². The lowest BCUT2D eigenvalue weighted by Crippen LogP contribution is -2.55. The quantitative estimate of drug-likeness (QED) is 0.418. The number of urea groups is 1. The van der Waals surface area contributed by atoms with Crippen LogP contribution in [-0.4, -0.2) is 125 Å². The minimum absolute atomic E-state index is 0.0325. The number of hydrogen-bond acceptors (Lipinski definition) is 7. The lowest BCUT2D eigenvalue weighted by molar-refractivity contribution is -0.143. The number of nitrogens with zero attached hydrogens (tertiary/aromatic N) is 5. The minimum atomic E-state index is -4.84. The number of alkyl halides is 3. The monoisotopic (exact) mass is 724 g/mol. The number of benzene rings is 1. The number of halogens is 4. The molecule has 1 aromatic heterocycles. The highest BCUT2D eigenvalue weighted by atomic mass is 35.5. The van der Waals surface area contributed by atoms with Crippen LogP contribution in [0, 0.1) is 5.92 Å². The maximum Gasteiger partial charge on any atom is 0.420 e. The molecule has 0 radical (unpaired) electrons. The summed E-state index contributed by atoms with van der Waals surface area (Å²) >= 11 is 7.58. The van der Waals surface area contributed by atoms with E-state index in [1.807, 2.05) is 15.7 Å². The molecule has 0 spiro atoms. The van der Waals surface area contributed by atoms with Gasteiger partial charge >= 0.3 is 12.2 Å². The van der Waals surface area contributed by atoms with Crippen LogP contribution in [0.5, 0.6) is 5.75 Å². The first-order valence-electron chi connectivity index (χ1n) is 17.1. The summed E-state index contributed by atoms with van der Waals surface area (Å²) in [5.74, 6) is -2.47. The van der Waals surface area contributed by atoms with Crippen LogP contribution in [0.3, 0.4) is 0 Å². The number of carbonyl (C=O) groups is 3. The number of piperidine rings is 2. The Labute approximate surface area is 293 Å². The van der Waals surface area contributed by atoms with Crippen LogP contribution in [0.1, 0.15) is 48.8 Å². The summed E-state index contributed by atoms with van der Waals surface area (Å²) in [5.41, 5.74) is 0.824. The average molecular weight is 725 g/mol. The second-order valence-corrected chi connectivity index (χ2v) is 14.9. The van der Waals surface area contributed by atoms with Crippen molar-refractivity contribution >= 4 is 46.5 Å². The van der Waals surface area contributed by atoms with E-state index in [0.717, 1.165) is 49.7 Å². The predicted molar refractivity (Wildman–Crippen MR) is 182 cm³/mol. The zero-order valence-electron chi connectivity index (χ0n) is 27.7. The Hall–Kier alpha value is -3.07. The standard InChI is InChI=1S/C34H44ClF3N6O4S/c1-40-7-3-25(4-8-40)41-12-14-43(15-13-41)32(47)24(16-22-17-27(34(36,37)38)31(46)28(35)18-22)19-30(45)42-9-5-26(6-10-42)44-11-2-23-20-49-21-29(23)39-33(44)48/h17-18,20-21,24-26,46H,2-16,19H2,1H3,(H,39,48)/t24-/m0/s1. The van der Waals surface area contributed by atoms with E-state index in [9.17, 15) is 32.7 Å². The van der Waals surface area contributed by atoms with E-state index in [2.05, 4.69) is 22.2 Å². The summed E-state index contributed by atoms with van der Waals surface area (Å²) in [6.45, 7) is 5.84. The molecule has 4 amide bonds. The molecule has 2 N–H and O–H groups in total. The highest BCUT2D eigenvalue weighted by Crippen LogP contribution is 2.41. The first kappa shape index (κ1) is 35.7. The van der Waals surface area contributed by atoms with Crippen LogP contribution in [0.25, 0.3) is 0 Å². The fourth-order valence-electron chi connectivity index (χ4n) is 7.72. The zero-order chi connectivity index (χ0) is 34.9. The van der Waals surface area contributed by atoms with Gasteiger partial charge in [-0.05, 0) is 87.3 Å². The van der Waals surface area contributed by atoms with Crippen molar-refractivity contribution in [3.05, 3.63) is 44.6 Å². The van der Waals surface area contributed by atoms with Crippen molar-refractivity contribution in [3.8, 4) is 5.75 Å². The number of carbonyl (C=O) groups excluding carboxylic acids is 3. The smallest absolute Gasteiger partial charge is 0.420 e. The predicted octanol–water partition coefficient (Wildman–Crippen LogP) is 4.99. The number of aromatic hydroxyl groups is 1. The number of piperazine rings is 1. The Morgan fingerprint density at radius 3 is 2.31 bits per heavy atom. The van der Waals surface area contributed by atoms with Gasteiger partial charge in [-0.1, -0.05) is 11.6 Å². The van der Waals surface area contributed by atoms with Crippen LogP contribution in [0.4, 0.5) is 23.7 Å². The largest absolute Gasteiger partial charge is 0.506 e. The van der Waals surface area contributed by atoms with Crippen LogP contribution in [0.15, 0.2) is 22.9 Å². The van der Waals surface area contributed by atoms with E-state index in [-0.39, 0.29) is 42.3 Å². The second-order valence-electron chi connectivity index (χ2n) is 13.8. The summed E-state index contributed by atoms with van der Waals surface area (Å²) in [6, 6.07) is 2.35. The molecule has 15 heteroatoms. The van der Waals surface area contributed by atoms with Gasteiger partial charge < -0.3 is 30.0 Å². The molecule has 4 aliphatic heterocycles. The van der Waals surface area contributed by atoms with Crippen molar-refractivity contribution in [2.45, 2.75) is 63.2 Å². The Bertz CT molecular complexity index is 1520. The fourth-order valence-corrected chi connectivity index (χ4v) is 8.78. The number of thiophene rings is 1. The number of hydrogen-bond donors (Lipinski definition) is 2. The van der Waals surface area contributed by atoms with Gasteiger partial charge in [0.1, 0.15) is 5.75 Å². The number of phenols is 1. The van der Waals surface area contributed by atoms with Gasteiger partial charge in [-0.3, -0.25) is 14.5 Å². The molecule has 49 heavy (non-hydrogen) atoms. The van der Waals surface area contributed by atoms with E-state index in [0.29, 0.717) is 64.7 Å². The first-order valence-corrected chi connectivity index (χ1v) is 18.4. The van der Waals surface area contributed by atoms with E-state index in [1.54, 1.807) is 21.1 Å². The molecule has 0 saturated carbocycles. The fraction of sp³-hybridized carbons (Fsp3) is 0.618. The summed E-state index contributed by atoms with van der Waals surface area (Å²) < 4.78 is 41.2. The lowest BCUT2D eigenvalue weighted by atomic mass is 9.92. The van der Waals surface area contributed by atoms with Crippen molar-refractivity contribution in [1.82, 2.24) is 24.5 Å². The molecule has 3 saturated heterocycles. The normalized spacial score (nSPS) is 21.3. The van der Waals surface area contributed by atoms with Crippen LogP contribution in [-0.2, 0) is 28.6 Å².